The number of carbonyl (C=O) groups excluding carboxylic acids is 1. The number of nitrogens with zero attached hydrogens (tertiary/aromatic N) is 1. The lowest BCUT2D eigenvalue weighted by molar-refractivity contribution is -0.123. The smallest absolute Gasteiger partial charge is 0.221 e. The molecular weight excluding hydrogens is 344 g/mol. The fourth-order valence-electron chi connectivity index (χ4n) is 3.07. The first-order chi connectivity index (χ1) is 9.41. The van der Waals surface area contributed by atoms with E-state index in [0.29, 0.717) is 17.9 Å². The zero-order valence-corrected chi connectivity index (χ0v) is 13.4. The van der Waals surface area contributed by atoms with E-state index in [9.17, 15) is 13.9 Å². The number of rotatable bonds is 1. The molecule has 1 fully saturated rings. The Hall–Kier alpha value is -0.600. The molecule has 1 aromatic carbocycles. The second kappa shape index (κ2) is 4.99. The van der Waals surface area contributed by atoms with Crippen LogP contribution in [0, 0.1) is 0 Å². The Labute approximate surface area is 128 Å². The lowest BCUT2D eigenvalue weighted by atomic mass is 10.0. The van der Waals surface area contributed by atoms with Crippen molar-refractivity contribution in [1.29, 1.82) is 0 Å². The van der Waals surface area contributed by atoms with Crippen LogP contribution in [0.1, 0.15) is 31.4 Å². The maximum atomic E-state index is 11.6. The molecular formula is C13H17BrN2O3S. The summed E-state index contributed by atoms with van der Waals surface area (Å²) in [6.07, 6.45) is 1.05. The van der Waals surface area contributed by atoms with Crippen molar-refractivity contribution in [3.05, 3.63) is 28.2 Å². The highest BCUT2D eigenvalue weighted by molar-refractivity contribution is 9.10. The van der Waals surface area contributed by atoms with Crippen LogP contribution >= 0.6 is 26.7 Å². The Morgan fingerprint density at radius 3 is 2.90 bits per heavy atom. The van der Waals surface area contributed by atoms with Crippen LogP contribution in [0.15, 0.2) is 27.6 Å². The predicted molar refractivity (Wildman–Crippen MR) is 81.5 cm³/mol. The number of benzene rings is 1. The van der Waals surface area contributed by atoms with Gasteiger partial charge < -0.3 is 5.32 Å². The zero-order chi connectivity index (χ0) is 14.5. The average molecular weight is 361 g/mol. The van der Waals surface area contributed by atoms with Crippen LogP contribution < -0.4 is 5.32 Å². The highest BCUT2D eigenvalue weighted by Crippen LogP contribution is 2.64. The van der Waals surface area contributed by atoms with E-state index in [1.54, 1.807) is 10.4 Å². The van der Waals surface area contributed by atoms with Crippen LogP contribution in [-0.4, -0.2) is 31.9 Å². The topological polar surface area (TPSA) is 72.8 Å². The molecule has 110 valence electrons. The standard InChI is InChI=1S/C13H17BrN2O3S/c1-8-11-6-9(14)2-3-12(11)20(18,19)16(8)10-4-5-15-13(17)7-10/h2-3,6,8,10,18-19H,4-5,7H2,1H3,(H,15,17). The summed E-state index contributed by atoms with van der Waals surface area (Å²) in [5.74, 6) is -0.0270. The Balaban J connectivity index is 1.99. The molecule has 0 saturated carbocycles. The van der Waals surface area contributed by atoms with E-state index < -0.39 is 10.8 Å². The number of hydrogen-bond acceptors (Lipinski definition) is 4. The van der Waals surface area contributed by atoms with Crippen molar-refractivity contribution in [2.45, 2.75) is 36.7 Å². The highest BCUT2D eigenvalue weighted by Gasteiger charge is 2.45. The van der Waals surface area contributed by atoms with Crippen molar-refractivity contribution in [3.8, 4) is 0 Å². The van der Waals surface area contributed by atoms with Gasteiger partial charge in [0.15, 0.2) is 0 Å². The number of halogens is 1. The van der Waals surface area contributed by atoms with Gasteiger partial charge in [0.1, 0.15) is 0 Å². The number of amides is 1. The van der Waals surface area contributed by atoms with Crippen molar-refractivity contribution >= 4 is 32.6 Å². The third-order valence-corrected chi connectivity index (χ3v) is 6.63. The van der Waals surface area contributed by atoms with Crippen LogP contribution in [0.5, 0.6) is 0 Å². The Bertz CT molecular complexity index is 567. The molecule has 7 heteroatoms. The van der Waals surface area contributed by atoms with E-state index in [2.05, 4.69) is 21.2 Å². The van der Waals surface area contributed by atoms with E-state index in [1.807, 2.05) is 19.1 Å². The molecule has 5 nitrogen and oxygen atoms in total. The summed E-state index contributed by atoms with van der Waals surface area (Å²) >= 11 is 3.42. The molecule has 2 atom stereocenters. The molecule has 3 N–H and O–H groups in total. The van der Waals surface area contributed by atoms with Gasteiger partial charge in [-0.3, -0.25) is 13.9 Å². The van der Waals surface area contributed by atoms with Crippen LogP contribution in [-0.2, 0) is 4.79 Å². The Morgan fingerprint density at radius 2 is 2.20 bits per heavy atom. The Kier molecular flexibility index (Phi) is 3.58. The van der Waals surface area contributed by atoms with E-state index >= 15 is 0 Å². The number of fused-ring (bicyclic) bond motifs is 1. The van der Waals surface area contributed by atoms with Gasteiger partial charge in [-0.2, -0.15) is 4.31 Å². The van der Waals surface area contributed by atoms with E-state index in [-0.39, 0.29) is 18.0 Å². The molecule has 1 aromatic rings. The molecule has 20 heavy (non-hydrogen) atoms. The third kappa shape index (κ3) is 2.17. The summed E-state index contributed by atoms with van der Waals surface area (Å²) in [6, 6.07) is 5.26. The molecule has 2 unspecified atom stereocenters. The molecule has 2 aliphatic heterocycles. The number of piperidine rings is 1. The van der Waals surface area contributed by atoms with Gasteiger partial charge in [-0.1, -0.05) is 15.9 Å². The minimum Gasteiger partial charge on any atom is -0.356 e. The fourth-order valence-corrected chi connectivity index (χ4v) is 5.63. The molecule has 0 aliphatic carbocycles. The first kappa shape index (κ1) is 14.3. The number of hydrogen-bond donors (Lipinski definition) is 3. The molecule has 0 aromatic heterocycles. The fraction of sp³-hybridized carbons (Fsp3) is 0.462. The maximum Gasteiger partial charge on any atom is 0.221 e. The van der Waals surface area contributed by atoms with Crippen LogP contribution in [0.4, 0.5) is 0 Å². The predicted octanol–water partition coefficient (Wildman–Crippen LogP) is 3.13. The van der Waals surface area contributed by atoms with Crippen LogP contribution in [0.2, 0.25) is 0 Å². The van der Waals surface area contributed by atoms with Gasteiger partial charge in [0, 0.05) is 23.5 Å². The lowest BCUT2D eigenvalue weighted by Crippen LogP contribution is -2.45. The summed E-state index contributed by atoms with van der Waals surface area (Å²) in [5.41, 5.74) is 0.922. The molecule has 0 spiro atoms. The van der Waals surface area contributed by atoms with Crippen molar-refractivity contribution < 1.29 is 13.9 Å². The van der Waals surface area contributed by atoms with Crippen molar-refractivity contribution in [1.82, 2.24) is 9.62 Å². The molecule has 3 rings (SSSR count). The highest BCUT2D eigenvalue weighted by atomic mass is 79.9. The van der Waals surface area contributed by atoms with Crippen molar-refractivity contribution in [2.75, 3.05) is 6.54 Å². The third-order valence-electron chi connectivity index (χ3n) is 3.97. The molecule has 0 radical (unpaired) electrons. The van der Waals surface area contributed by atoms with Gasteiger partial charge in [0.2, 0.25) is 5.91 Å². The second-order valence-corrected chi connectivity index (χ2v) is 8.05. The zero-order valence-electron chi connectivity index (χ0n) is 11.0. The first-order valence-corrected chi connectivity index (χ1v) is 8.84. The normalized spacial score (nSPS) is 30.7. The van der Waals surface area contributed by atoms with Crippen LogP contribution in [0.25, 0.3) is 0 Å². The summed E-state index contributed by atoms with van der Waals surface area (Å²) in [7, 11) is -3.00. The summed E-state index contributed by atoms with van der Waals surface area (Å²) in [4.78, 5) is 12.2. The monoisotopic (exact) mass is 360 g/mol. The van der Waals surface area contributed by atoms with E-state index in [4.69, 9.17) is 0 Å². The molecule has 1 saturated heterocycles. The quantitative estimate of drug-likeness (QED) is 0.719. The summed E-state index contributed by atoms with van der Waals surface area (Å²) < 4.78 is 23.9. The van der Waals surface area contributed by atoms with E-state index in [0.717, 1.165) is 16.5 Å². The van der Waals surface area contributed by atoms with Gasteiger partial charge in [0.25, 0.3) is 0 Å². The van der Waals surface area contributed by atoms with Gasteiger partial charge >= 0.3 is 0 Å². The maximum absolute atomic E-state index is 11.6. The minimum atomic E-state index is -3.00. The molecule has 2 aliphatic rings. The van der Waals surface area contributed by atoms with Gasteiger partial charge in [-0.15, -0.1) is 10.8 Å². The molecule has 0 bridgehead atoms. The first-order valence-electron chi connectivity index (χ1n) is 6.54. The largest absolute Gasteiger partial charge is 0.356 e. The van der Waals surface area contributed by atoms with Gasteiger partial charge in [-0.05, 0) is 37.1 Å². The summed E-state index contributed by atoms with van der Waals surface area (Å²) in [5, 5.41) is 2.78. The van der Waals surface area contributed by atoms with Gasteiger partial charge in [-0.25, -0.2) is 0 Å². The molecule has 2 heterocycles. The summed E-state index contributed by atoms with van der Waals surface area (Å²) in [6.45, 7) is 2.54. The van der Waals surface area contributed by atoms with Crippen LogP contribution in [0.3, 0.4) is 0 Å². The van der Waals surface area contributed by atoms with Crippen molar-refractivity contribution in [3.63, 3.8) is 0 Å². The lowest BCUT2D eigenvalue weighted by Gasteiger charge is -2.44. The second-order valence-electron chi connectivity index (χ2n) is 5.23. The van der Waals surface area contributed by atoms with Gasteiger partial charge in [0.05, 0.1) is 10.9 Å². The minimum absolute atomic E-state index is 0.0270. The van der Waals surface area contributed by atoms with Crippen molar-refractivity contribution in [2.24, 2.45) is 0 Å². The SMILES string of the molecule is CC1c2cc(Br)ccc2S(O)(O)N1C1CCNC(=O)C1. The number of carbonyl (C=O) groups is 1. The average Bonchev–Trinajstić information content (AvgIpc) is 2.56. The Morgan fingerprint density at radius 1 is 1.45 bits per heavy atom. The van der Waals surface area contributed by atoms with E-state index in [1.165, 1.54) is 0 Å². The number of nitrogens with one attached hydrogen (secondary N) is 1. The molecule has 1 amide bonds.